The van der Waals surface area contributed by atoms with Crippen LogP contribution < -0.4 is 5.32 Å². The van der Waals surface area contributed by atoms with Crippen LogP contribution in [0, 0.1) is 6.92 Å². The normalized spacial score (nSPS) is 19.0. The Morgan fingerprint density at radius 1 is 1.29 bits per heavy atom. The highest BCUT2D eigenvalue weighted by Gasteiger charge is 2.30. The Morgan fingerprint density at radius 2 is 2.19 bits per heavy atom. The number of hydrogen-bond acceptors (Lipinski definition) is 3. The van der Waals surface area contributed by atoms with Crippen molar-refractivity contribution in [2.24, 2.45) is 0 Å². The van der Waals surface area contributed by atoms with E-state index in [0.717, 1.165) is 18.7 Å². The number of nitrogens with zero attached hydrogens (tertiary/aromatic N) is 2. The fraction of sp³-hybridized carbons (Fsp3) is 0.444. The molecule has 2 aromatic rings. The second-order valence-electron chi connectivity index (χ2n) is 5.84. The summed E-state index contributed by atoms with van der Waals surface area (Å²) in [6.07, 6.45) is 7.40. The van der Waals surface area contributed by atoms with Gasteiger partial charge in [0.2, 0.25) is 0 Å². The second kappa shape index (κ2) is 6.35. The number of likely N-dealkylation sites (N-methyl/N-ethyl adjacent to an activating group) is 1. The van der Waals surface area contributed by atoms with Crippen molar-refractivity contribution in [3.8, 4) is 0 Å². The molecule has 2 atom stereocenters. The van der Waals surface area contributed by atoms with Gasteiger partial charge in [-0.05, 0) is 62.1 Å². The first-order chi connectivity index (χ1) is 10.3. The Balaban J connectivity index is 1.99. The summed E-state index contributed by atoms with van der Waals surface area (Å²) in [4.78, 5) is 9.30. The summed E-state index contributed by atoms with van der Waals surface area (Å²) in [5, 5.41) is 3.63. The summed E-state index contributed by atoms with van der Waals surface area (Å²) in [5.74, 6) is 0.421. The summed E-state index contributed by atoms with van der Waals surface area (Å²) in [6, 6.07) is 8.78. The summed E-state index contributed by atoms with van der Waals surface area (Å²) < 4.78 is 0. The predicted molar refractivity (Wildman–Crippen MR) is 85.3 cm³/mol. The summed E-state index contributed by atoms with van der Waals surface area (Å²) in [7, 11) is 0. The first kappa shape index (κ1) is 14.2. The molecule has 1 N–H and O–H groups in total. The molecule has 2 unspecified atom stereocenters. The minimum atomic E-state index is 0.254. The minimum absolute atomic E-state index is 0.254. The van der Waals surface area contributed by atoms with E-state index in [-0.39, 0.29) is 6.04 Å². The van der Waals surface area contributed by atoms with Crippen LogP contribution in [0.2, 0.25) is 0 Å². The third-order valence-electron chi connectivity index (χ3n) is 4.32. The van der Waals surface area contributed by atoms with Crippen LogP contribution in [0.25, 0.3) is 0 Å². The molecule has 110 valence electrons. The van der Waals surface area contributed by atoms with E-state index in [1.807, 2.05) is 18.5 Å². The van der Waals surface area contributed by atoms with Crippen molar-refractivity contribution >= 4 is 0 Å². The Labute approximate surface area is 126 Å². The van der Waals surface area contributed by atoms with Gasteiger partial charge in [-0.2, -0.15) is 0 Å². The van der Waals surface area contributed by atoms with E-state index in [9.17, 15) is 0 Å². The van der Waals surface area contributed by atoms with Gasteiger partial charge >= 0.3 is 0 Å². The number of rotatable bonds is 4. The molecule has 3 nitrogen and oxygen atoms in total. The molecule has 1 aliphatic carbocycles. The van der Waals surface area contributed by atoms with Gasteiger partial charge in [0, 0.05) is 24.0 Å². The zero-order valence-corrected chi connectivity index (χ0v) is 12.8. The highest BCUT2D eigenvalue weighted by molar-refractivity contribution is 5.30. The van der Waals surface area contributed by atoms with Gasteiger partial charge in [-0.1, -0.05) is 13.0 Å². The number of aryl methyl sites for hydroxylation is 2. The SMILES string of the molecule is CCNC(c1cc(C)ccn1)C1CCCc2cccnc21. The maximum absolute atomic E-state index is 4.68. The highest BCUT2D eigenvalue weighted by Crippen LogP contribution is 2.38. The van der Waals surface area contributed by atoms with Crippen LogP contribution in [-0.2, 0) is 6.42 Å². The number of fused-ring (bicyclic) bond motifs is 1. The molecule has 3 rings (SSSR count). The van der Waals surface area contributed by atoms with Crippen LogP contribution in [-0.4, -0.2) is 16.5 Å². The highest BCUT2D eigenvalue weighted by atomic mass is 14.9. The molecule has 0 aromatic carbocycles. The van der Waals surface area contributed by atoms with E-state index >= 15 is 0 Å². The van der Waals surface area contributed by atoms with Crippen LogP contribution in [0.1, 0.15) is 54.2 Å². The standard InChI is InChI=1S/C18H23N3/c1-3-19-18(16-12-13(2)9-11-20-16)15-8-4-6-14-7-5-10-21-17(14)15/h5,7,9-12,15,18-19H,3-4,6,8H2,1-2H3. The molecule has 21 heavy (non-hydrogen) atoms. The zero-order valence-electron chi connectivity index (χ0n) is 12.8. The minimum Gasteiger partial charge on any atom is -0.308 e. The van der Waals surface area contributed by atoms with Crippen LogP contribution in [0.4, 0.5) is 0 Å². The molecule has 0 saturated carbocycles. The molecule has 0 amide bonds. The van der Waals surface area contributed by atoms with Crippen molar-refractivity contribution in [2.45, 2.75) is 45.1 Å². The van der Waals surface area contributed by atoms with Gasteiger partial charge in [0.1, 0.15) is 0 Å². The van der Waals surface area contributed by atoms with Gasteiger partial charge < -0.3 is 5.32 Å². The van der Waals surface area contributed by atoms with Gasteiger partial charge in [-0.15, -0.1) is 0 Å². The van der Waals surface area contributed by atoms with Crippen molar-refractivity contribution in [3.05, 3.63) is 59.2 Å². The maximum atomic E-state index is 4.68. The lowest BCUT2D eigenvalue weighted by atomic mass is 9.80. The Bertz CT molecular complexity index is 609. The van der Waals surface area contributed by atoms with Crippen molar-refractivity contribution in [1.82, 2.24) is 15.3 Å². The molecule has 0 spiro atoms. The molecule has 0 saturated heterocycles. The van der Waals surface area contributed by atoms with E-state index in [1.54, 1.807) is 0 Å². The largest absolute Gasteiger partial charge is 0.308 e. The van der Waals surface area contributed by atoms with Crippen LogP contribution in [0.5, 0.6) is 0 Å². The average Bonchev–Trinajstić information content (AvgIpc) is 2.52. The molecule has 3 heteroatoms. The summed E-state index contributed by atoms with van der Waals surface area (Å²) in [5.41, 5.74) is 5.07. The lowest BCUT2D eigenvalue weighted by Gasteiger charge is -2.31. The van der Waals surface area contributed by atoms with Gasteiger partial charge in [-0.25, -0.2) is 0 Å². The fourth-order valence-corrected chi connectivity index (χ4v) is 3.37. The average molecular weight is 281 g/mol. The third kappa shape index (κ3) is 2.98. The van der Waals surface area contributed by atoms with Crippen molar-refractivity contribution in [1.29, 1.82) is 0 Å². The predicted octanol–water partition coefficient (Wildman–Crippen LogP) is 3.56. The van der Waals surface area contributed by atoms with Gasteiger partial charge in [0.25, 0.3) is 0 Å². The Morgan fingerprint density at radius 3 is 3.00 bits per heavy atom. The molecular weight excluding hydrogens is 258 g/mol. The monoisotopic (exact) mass is 281 g/mol. The molecule has 0 aliphatic heterocycles. The van der Waals surface area contributed by atoms with E-state index in [0.29, 0.717) is 5.92 Å². The molecule has 2 aromatic heterocycles. The summed E-state index contributed by atoms with van der Waals surface area (Å²) >= 11 is 0. The molecule has 2 heterocycles. The number of nitrogens with one attached hydrogen (secondary N) is 1. The quantitative estimate of drug-likeness (QED) is 0.931. The van der Waals surface area contributed by atoms with Crippen molar-refractivity contribution in [2.75, 3.05) is 6.54 Å². The molecule has 1 aliphatic rings. The van der Waals surface area contributed by atoms with E-state index in [4.69, 9.17) is 0 Å². The molecule has 0 radical (unpaired) electrons. The topological polar surface area (TPSA) is 37.8 Å². The van der Waals surface area contributed by atoms with E-state index in [2.05, 4.69) is 47.3 Å². The van der Waals surface area contributed by atoms with Crippen molar-refractivity contribution in [3.63, 3.8) is 0 Å². The molecule has 0 bridgehead atoms. The van der Waals surface area contributed by atoms with E-state index < -0.39 is 0 Å². The first-order valence-electron chi connectivity index (χ1n) is 7.89. The van der Waals surface area contributed by atoms with Crippen molar-refractivity contribution < 1.29 is 0 Å². The van der Waals surface area contributed by atoms with Crippen LogP contribution in [0.15, 0.2) is 36.7 Å². The smallest absolute Gasteiger partial charge is 0.0582 e. The van der Waals surface area contributed by atoms with Crippen LogP contribution in [0.3, 0.4) is 0 Å². The zero-order chi connectivity index (χ0) is 14.7. The maximum Gasteiger partial charge on any atom is 0.0582 e. The number of pyridine rings is 2. The number of aromatic nitrogens is 2. The van der Waals surface area contributed by atoms with Crippen LogP contribution >= 0.6 is 0 Å². The van der Waals surface area contributed by atoms with Gasteiger partial charge in [0.15, 0.2) is 0 Å². The Hall–Kier alpha value is -1.74. The first-order valence-corrected chi connectivity index (χ1v) is 7.89. The second-order valence-corrected chi connectivity index (χ2v) is 5.84. The fourth-order valence-electron chi connectivity index (χ4n) is 3.37. The van der Waals surface area contributed by atoms with E-state index in [1.165, 1.54) is 29.7 Å². The molecule has 0 fully saturated rings. The molecular formula is C18H23N3. The lowest BCUT2D eigenvalue weighted by molar-refractivity contribution is 0.393. The Kier molecular flexibility index (Phi) is 4.30. The van der Waals surface area contributed by atoms with Gasteiger partial charge in [-0.3, -0.25) is 9.97 Å². The third-order valence-corrected chi connectivity index (χ3v) is 4.32. The summed E-state index contributed by atoms with van der Waals surface area (Å²) in [6.45, 7) is 5.23. The van der Waals surface area contributed by atoms with Gasteiger partial charge in [0.05, 0.1) is 11.7 Å². The number of hydrogen-bond donors (Lipinski definition) is 1. The lowest BCUT2D eigenvalue weighted by Crippen LogP contribution is -2.30.